The number of allylic oxidation sites excluding steroid dienone is 1. The van der Waals surface area contributed by atoms with E-state index in [1.54, 1.807) is 24.3 Å². The monoisotopic (exact) mass is 440 g/mol. The van der Waals surface area contributed by atoms with Crippen LogP contribution < -0.4 is 0 Å². The first-order valence-electron chi connectivity index (χ1n) is 9.53. The highest BCUT2D eigenvalue weighted by atomic mass is 79.9. The van der Waals surface area contributed by atoms with E-state index >= 15 is 0 Å². The first-order valence-corrected chi connectivity index (χ1v) is 11.9. The van der Waals surface area contributed by atoms with Crippen molar-refractivity contribution in [2.45, 2.75) is 57.8 Å². The minimum absolute atomic E-state index is 0.222. The lowest BCUT2D eigenvalue weighted by atomic mass is 9.61. The van der Waals surface area contributed by atoms with Gasteiger partial charge < -0.3 is 0 Å². The van der Waals surface area contributed by atoms with Gasteiger partial charge in [-0.2, -0.15) is 8.42 Å². The van der Waals surface area contributed by atoms with Crippen LogP contribution in [0.5, 0.6) is 0 Å². The molecule has 0 bridgehead atoms. The molecule has 0 heterocycles. The van der Waals surface area contributed by atoms with Gasteiger partial charge in [-0.25, -0.2) is 0 Å². The van der Waals surface area contributed by atoms with Gasteiger partial charge in [0.25, 0.3) is 10.1 Å². The van der Waals surface area contributed by atoms with Crippen LogP contribution in [0.2, 0.25) is 0 Å². The zero-order valence-electron chi connectivity index (χ0n) is 15.9. The summed E-state index contributed by atoms with van der Waals surface area (Å²) in [6, 6.07) is 6.85. The fourth-order valence-corrected chi connectivity index (χ4v) is 6.78. The third kappa shape index (κ3) is 3.81. The van der Waals surface area contributed by atoms with Crippen molar-refractivity contribution in [3.8, 4) is 0 Å². The molecule has 0 N–H and O–H groups in total. The third-order valence-electron chi connectivity index (χ3n) is 6.66. The summed E-state index contributed by atoms with van der Waals surface area (Å²) in [6.07, 6.45) is 5.98. The molecule has 0 amide bonds. The van der Waals surface area contributed by atoms with Crippen molar-refractivity contribution in [3.63, 3.8) is 0 Å². The highest BCUT2D eigenvalue weighted by molar-refractivity contribution is 9.11. The second-order valence-electron chi connectivity index (χ2n) is 8.31. The van der Waals surface area contributed by atoms with Crippen LogP contribution in [0.1, 0.15) is 51.5 Å². The minimum Gasteiger partial charge on any atom is -0.266 e. The Morgan fingerprint density at radius 1 is 1.31 bits per heavy atom. The van der Waals surface area contributed by atoms with E-state index in [9.17, 15) is 8.42 Å². The lowest BCUT2D eigenvalue weighted by Crippen LogP contribution is -2.37. The molecule has 2 aliphatic rings. The number of fused-ring (bicyclic) bond motifs is 1. The summed E-state index contributed by atoms with van der Waals surface area (Å²) in [7, 11) is -3.69. The Labute approximate surface area is 166 Å². The lowest BCUT2D eigenvalue weighted by molar-refractivity contribution is 0.0762. The molecule has 0 spiro atoms. The van der Waals surface area contributed by atoms with Crippen molar-refractivity contribution in [1.29, 1.82) is 0 Å². The first kappa shape index (κ1) is 20.1. The second-order valence-corrected chi connectivity index (χ2v) is 10.4. The average Bonchev–Trinajstić information content (AvgIpc) is 2.97. The quantitative estimate of drug-likeness (QED) is 0.540. The summed E-state index contributed by atoms with van der Waals surface area (Å²) >= 11 is 3.55. The van der Waals surface area contributed by atoms with Crippen LogP contribution in [0.4, 0.5) is 0 Å². The van der Waals surface area contributed by atoms with E-state index in [2.05, 4.69) is 34.8 Å². The summed E-state index contributed by atoms with van der Waals surface area (Å²) in [6.45, 7) is 6.75. The molecule has 0 radical (unpaired) electrons. The van der Waals surface area contributed by atoms with E-state index < -0.39 is 10.1 Å². The van der Waals surface area contributed by atoms with Crippen molar-refractivity contribution >= 4 is 26.0 Å². The maximum absolute atomic E-state index is 12.5. The van der Waals surface area contributed by atoms with Gasteiger partial charge in [0.05, 0.1) is 11.5 Å². The van der Waals surface area contributed by atoms with E-state index in [0.717, 1.165) is 12.0 Å². The second kappa shape index (κ2) is 7.76. The highest BCUT2D eigenvalue weighted by Crippen LogP contribution is 2.59. The largest absolute Gasteiger partial charge is 0.296 e. The Hall–Kier alpha value is -0.650. The molecule has 1 unspecified atom stereocenters. The van der Waals surface area contributed by atoms with Crippen LogP contribution >= 0.6 is 15.9 Å². The summed E-state index contributed by atoms with van der Waals surface area (Å²) in [5.74, 6) is 1.35. The number of hydrogen-bond donors (Lipinski definition) is 0. The summed E-state index contributed by atoms with van der Waals surface area (Å²) in [4.78, 5) is 2.37. The average molecular weight is 441 g/mol. The summed E-state index contributed by atoms with van der Waals surface area (Å²) < 4.78 is 30.4. The predicted octanol–water partition coefficient (Wildman–Crippen LogP) is 5.83. The van der Waals surface area contributed by atoms with Crippen LogP contribution in [-0.2, 0) is 14.3 Å². The van der Waals surface area contributed by atoms with Crippen molar-refractivity contribution in [3.05, 3.63) is 40.4 Å². The number of rotatable bonds is 5. The van der Waals surface area contributed by atoms with Gasteiger partial charge in [0.1, 0.15) is 0 Å². The molecule has 3 nitrogen and oxygen atoms in total. The molecule has 1 aromatic rings. The van der Waals surface area contributed by atoms with E-state index in [1.807, 2.05) is 6.92 Å². The zero-order chi connectivity index (χ0) is 18.9. The predicted molar refractivity (Wildman–Crippen MR) is 109 cm³/mol. The Morgan fingerprint density at radius 2 is 2.00 bits per heavy atom. The van der Waals surface area contributed by atoms with E-state index in [1.165, 1.54) is 31.3 Å². The highest BCUT2D eigenvalue weighted by Gasteiger charge is 2.50. The summed E-state index contributed by atoms with van der Waals surface area (Å²) in [5.41, 5.74) is 2.82. The smallest absolute Gasteiger partial charge is 0.266 e. The molecule has 2 fully saturated rings. The molecule has 2 saturated carbocycles. The molecular weight excluding hydrogens is 412 g/mol. The van der Waals surface area contributed by atoms with Gasteiger partial charge in [0.15, 0.2) is 0 Å². The Balaban J connectivity index is 1.68. The standard InChI is InChI=1S/C21H29BrO3S/c1-15-6-8-18(9-7-15)26(23,24)25-14-16(2)19-10-11-20-17(13-22)5-4-12-21(19,20)3/h6-9,13,16,19-20H,4-5,10-12,14H2,1-3H3/b17-13+/t16?,19-,20-,21-/m1/s1. The van der Waals surface area contributed by atoms with Crippen molar-refractivity contribution in [2.24, 2.45) is 23.2 Å². The van der Waals surface area contributed by atoms with Gasteiger partial charge in [-0.05, 0) is 79.3 Å². The topological polar surface area (TPSA) is 43.4 Å². The molecule has 0 saturated heterocycles. The number of aryl methyl sites for hydroxylation is 1. The minimum atomic E-state index is -3.69. The molecule has 1 aromatic carbocycles. The maximum Gasteiger partial charge on any atom is 0.296 e. The SMILES string of the molecule is Cc1ccc(S(=O)(=O)OCC(C)[C@H]2CC[C@@H]3/C(=C/Br)CCC[C@@]32C)cc1. The molecule has 5 heteroatoms. The van der Waals surface area contributed by atoms with Gasteiger partial charge in [-0.1, -0.05) is 53.0 Å². The van der Waals surface area contributed by atoms with Crippen LogP contribution in [-0.4, -0.2) is 15.0 Å². The van der Waals surface area contributed by atoms with Crippen molar-refractivity contribution < 1.29 is 12.6 Å². The Kier molecular flexibility index (Phi) is 6.00. The van der Waals surface area contributed by atoms with Crippen LogP contribution in [0, 0.1) is 30.1 Å². The Morgan fingerprint density at radius 3 is 2.65 bits per heavy atom. The molecule has 26 heavy (non-hydrogen) atoms. The van der Waals surface area contributed by atoms with Gasteiger partial charge in [0, 0.05) is 0 Å². The van der Waals surface area contributed by atoms with Crippen molar-refractivity contribution in [2.75, 3.05) is 6.61 Å². The molecule has 4 atom stereocenters. The molecule has 144 valence electrons. The van der Waals surface area contributed by atoms with Crippen LogP contribution in [0.3, 0.4) is 0 Å². The number of benzene rings is 1. The zero-order valence-corrected chi connectivity index (χ0v) is 18.3. The van der Waals surface area contributed by atoms with E-state index in [-0.39, 0.29) is 22.8 Å². The maximum atomic E-state index is 12.5. The van der Waals surface area contributed by atoms with Gasteiger partial charge in [-0.15, -0.1) is 0 Å². The molecular formula is C21H29BrO3S. The molecule has 2 aliphatic carbocycles. The van der Waals surface area contributed by atoms with Crippen molar-refractivity contribution in [1.82, 2.24) is 0 Å². The van der Waals surface area contributed by atoms with Gasteiger partial charge in [0.2, 0.25) is 0 Å². The van der Waals surface area contributed by atoms with Gasteiger partial charge in [-0.3, -0.25) is 4.18 Å². The van der Waals surface area contributed by atoms with E-state index in [0.29, 0.717) is 11.8 Å². The number of halogens is 1. The lowest BCUT2D eigenvalue weighted by Gasteiger charge is -2.44. The molecule has 3 rings (SSSR count). The van der Waals surface area contributed by atoms with Crippen LogP contribution in [0.25, 0.3) is 0 Å². The fourth-order valence-electron chi connectivity index (χ4n) is 5.23. The molecule has 0 aliphatic heterocycles. The molecule has 0 aromatic heterocycles. The normalized spacial score (nSPS) is 31.8. The van der Waals surface area contributed by atoms with E-state index in [4.69, 9.17) is 4.18 Å². The summed E-state index contributed by atoms with van der Waals surface area (Å²) in [5, 5.41) is 0. The number of hydrogen-bond acceptors (Lipinski definition) is 3. The van der Waals surface area contributed by atoms with Crippen LogP contribution in [0.15, 0.2) is 39.7 Å². The fraction of sp³-hybridized carbons (Fsp3) is 0.619. The Bertz CT molecular complexity index is 769. The first-order chi connectivity index (χ1) is 12.3. The van der Waals surface area contributed by atoms with Gasteiger partial charge >= 0.3 is 0 Å². The third-order valence-corrected chi connectivity index (χ3v) is 8.54.